The molecule has 4 heteroatoms. The van der Waals surface area contributed by atoms with E-state index in [1.54, 1.807) is 0 Å². The number of nitrogens with zero attached hydrogens (tertiary/aromatic N) is 2. The van der Waals surface area contributed by atoms with E-state index in [-0.39, 0.29) is 11.3 Å². The summed E-state index contributed by atoms with van der Waals surface area (Å²) >= 11 is 5.68. The van der Waals surface area contributed by atoms with Crippen molar-refractivity contribution in [1.82, 2.24) is 9.80 Å². The Morgan fingerprint density at radius 3 is 2.13 bits per heavy atom. The molecule has 1 aliphatic rings. The normalized spacial score (nSPS) is 19.3. The van der Waals surface area contributed by atoms with Crippen molar-refractivity contribution in [2.24, 2.45) is 5.41 Å². The summed E-state index contributed by atoms with van der Waals surface area (Å²) in [7, 11) is 0. The van der Waals surface area contributed by atoms with Gasteiger partial charge in [-0.2, -0.15) is 0 Å². The summed E-state index contributed by atoms with van der Waals surface area (Å²) in [6.45, 7) is 10.4. The molecule has 1 saturated heterocycles. The molecule has 1 rings (SSSR count). The van der Waals surface area contributed by atoms with E-state index in [2.05, 4.69) is 4.90 Å². The average molecular weight is 233 g/mol. The van der Waals surface area contributed by atoms with Gasteiger partial charge < -0.3 is 4.90 Å². The standard InChI is InChI=1S/C11H21ClN2O/c1-11(2,3)10(15)14-8-6-13(5-4-12)7-9-14/h4-9H2,1-3H3. The fraction of sp³-hybridized carbons (Fsp3) is 0.909. The highest BCUT2D eigenvalue weighted by Crippen LogP contribution is 2.18. The Kier molecular flexibility index (Phi) is 4.41. The van der Waals surface area contributed by atoms with Crippen molar-refractivity contribution < 1.29 is 4.79 Å². The molecule has 0 spiro atoms. The largest absolute Gasteiger partial charge is 0.340 e. The van der Waals surface area contributed by atoms with Crippen LogP contribution in [-0.2, 0) is 4.79 Å². The lowest BCUT2D eigenvalue weighted by molar-refractivity contribution is -0.141. The SMILES string of the molecule is CC(C)(C)C(=O)N1CCN(CCCl)CC1. The van der Waals surface area contributed by atoms with E-state index >= 15 is 0 Å². The van der Waals surface area contributed by atoms with Crippen LogP contribution in [0.2, 0.25) is 0 Å². The van der Waals surface area contributed by atoms with Crippen molar-refractivity contribution in [2.75, 3.05) is 38.6 Å². The Morgan fingerprint density at radius 1 is 1.20 bits per heavy atom. The Labute approximate surface area is 97.4 Å². The molecule has 1 aliphatic heterocycles. The first-order chi connectivity index (χ1) is 6.95. The molecule has 0 radical (unpaired) electrons. The van der Waals surface area contributed by atoms with Crippen LogP contribution in [0.25, 0.3) is 0 Å². The minimum Gasteiger partial charge on any atom is -0.340 e. The summed E-state index contributed by atoms with van der Waals surface area (Å²) in [4.78, 5) is 16.2. The van der Waals surface area contributed by atoms with Crippen LogP contribution in [0.1, 0.15) is 20.8 Å². The van der Waals surface area contributed by atoms with Gasteiger partial charge in [-0.25, -0.2) is 0 Å². The smallest absolute Gasteiger partial charge is 0.228 e. The predicted molar refractivity (Wildman–Crippen MR) is 63.2 cm³/mol. The molecule has 15 heavy (non-hydrogen) atoms. The van der Waals surface area contributed by atoms with Crippen molar-refractivity contribution in [3.05, 3.63) is 0 Å². The van der Waals surface area contributed by atoms with E-state index in [1.807, 2.05) is 25.7 Å². The van der Waals surface area contributed by atoms with E-state index in [1.165, 1.54) is 0 Å². The van der Waals surface area contributed by atoms with Gasteiger partial charge in [-0.15, -0.1) is 11.6 Å². The van der Waals surface area contributed by atoms with Gasteiger partial charge in [-0.05, 0) is 0 Å². The van der Waals surface area contributed by atoms with Gasteiger partial charge in [-0.1, -0.05) is 20.8 Å². The first-order valence-corrected chi connectivity index (χ1v) is 6.06. The molecule has 0 aromatic heterocycles. The second-order valence-electron chi connectivity index (χ2n) is 5.07. The third-order valence-electron chi connectivity index (χ3n) is 2.70. The molecule has 88 valence electrons. The third kappa shape index (κ3) is 3.65. The van der Waals surface area contributed by atoms with E-state index in [4.69, 9.17) is 11.6 Å². The predicted octanol–water partition coefficient (Wildman–Crippen LogP) is 1.42. The summed E-state index contributed by atoms with van der Waals surface area (Å²) < 4.78 is 0. The second kappa shape index (κ2) is 5.17. The van der Waals surface area contributed by atoms with Gasteiger partial charge >= 0.3 is 0 Å². The van der Waals surface area contributed by atoms with Gasteiger partial charge in [0.15, 0.2) is 0 Å². The molecule has 0 aromatic rings. The number of carbonyl (C=O) groups is 1. The minimum atomic E-state index is -0.255. The molecule has 0 saturated carbocycles. The van der Waals surface area contributed by atoms with E-state index in [0.29, 0.717) is 5.88 Å². The maximum atomic E-state index is 12.0. The molecular formula is C11H21ClN2O. The molecule has 1 fully saturated rings. The van der Waals surface area contributed by atoms with Crippen molar-refractivity contribution in [2.45, 2.75) is 20.8 Å². The van der Waals surface area contributed by atoms with Crippen molar-refractivity contribution in [1.29, 1.82) is 0 Å². The molecule has 0 aromatic carbocycles. The zero-order valence-corrected chi connectivity index (χ0v) is 10.7. The lowest BCUT2D eigenvalue weighted by atomic mass is 9.94. The Bertz CT molecular complexity index is 217. The monoisotopic (exact) mass is 232 g/mol. The van der Waals surface area contributed by atoms with Crippen LogP contribution in [0.5, 0.6) is 0 Å². The molecule has 0 unspecified atom stereocenters. The maximum Gasteiger partial charge on any atom is 0.228 e. The highest BCUT2D eigenvalue weighted by Gasteiger charge is 2.29. The van der Waals surface area contributed by atoms with Gasteiger partial charge in [-0.3, -0.25) is 9.69 Å². The quantitative estimate of drug-likeness (QED) is 0.673. The first-order valence-electron chi connectivity index (χ1n) is 5.53. The third-order valence-corrected chi connectivity index (χ3v) is 2.87. The van der Waals surface area contributed by atoms with Gasteiger partial charge in [0.2, 0.25) is 5.91 Å². The van der Waals surface area contributed by atoms with Crippen LogP contribution in [-0.4, -0.2) is 54.3 Å². The van der Waals surface area contributed by atoms with Gasteiger partial charge in [0, 0.05) is 44.0 Å². The zero-order valence-electron chi connectivity index (χ0n) is 9.92. The topological polar surface area (TPSA) is 23.6 Å². The molecule has 0 aliphatic carbocycles. The molecule has 0 bridgehead atoms. The zero-order chi connectivity index (χ0) is 11.5. The van der Waals surface area contributed by atoms with Gasteiger partial charge in [0.25, 0.3) is 0 Å². The molecule has 0 atom stereocenters. The van der Waals surface area contributed by atoms with Crippen molar-refractivity contribution in [3.8, 4) is 0 Å². The van der Waals surface area contributed by atoms with Crippen molar-refractivity contribution in [3.63, 3.8) is 0 Å². The van der Waals surface area contributed by atoms with Crippen LogP contribution < -0.4 is 0 Å². The number of rotatable bonds is 2. The molecular weight excluding hydrogens is 212 g/mol. The molecule has 1 heterocycles. The van der Waals surface area contributed by atoms with Crippen LogP contribution in [0.4, 0.5) is 0 Å². The van der Waals surface area contributed by atoms with Crippen LogP contribution in [0.15, 0.2) is 0 Å². The number of carbonyl (C=O) groups excluding carboxylic acids is 1. The van der Waals surface area contributed by atoms with E-state index in [9.17, 15) is 4.79 Å². The summed E-state index contributed by atoms with van der Waals surface area (Å²) in [6, 6.07) is 0. The molecule has 1 amide bonds. The second-order valence-corrected chi connectivity index (χ2v) is 5.45. The van der Waals surface area contributed by atoms with E-state index < -0.39 is 0 Å². The highest BCUT2D eigenvalue weighted by atomic mass is 35.5. The Morgan fingerprint density at radius 2 is 1.73 bits per heavy atom. The maximum absolute atomic E-state index is 12.0. The van der Waals surface area contributed by atoms with E-state index in [0.717, 1.165) is 32.7 Å². The lowest BCUT2D eigenvalue weighted by Crippen LogP contribution is -2.51. The number of halogens is 1. The number of piperazine rings is 1. The number of alkyl halides is 1. The van der Waals surface area contributed by atoms with Crippen LogP contribution in [0.3, 0.4) is 0 Å². The van der Waals surface area contributed by atoms with Gasteiger partial charge in [0.05, 0.1) is 0 Å². The fourth-order valence-electron chi connectivity index (χ4n) is 1.77. The fourth-order valence-corrected chi connectivity index (χ4v) is 2.01. The first kappa shape index (κ1) is 12.8. The lowest BCUT2D eigenvalue weighted by Gasteiger charge is -2.37. The number of hydrogen-bond donors (Lipinski definition) is 0. The highest BCUT2D eigenvalue weighted by molar-refractivity contribution is 6.18. The Balaban J connectivity index is 2.41. The summed E-state index contributed by atoms with van der Waals surface area (Å²) in [5, 5.41) is 0. The van der Waals surface area contributed by atoms with Crippen LogP contribution >= 0.6 is 11.6 Å². The average Bonchev–Trinajstić information content (AvgIpc) is 2.17. The van der Waals surface area contributed by atoms with Crippen molar-refractivity contribution >= 4 is 17.5 Å². The number of hydrogen-bond acceptors (Lipinski definition) is 2. The summed E-state index contributed by atoms with van der Waals surface area (Å²) in [5.74, 6) is 0.931. The van der Waals surface area contributed by atoms with Crippen LogP contribution in [0, 0.1) is 5.41 Å². The molecule has 3 nitrogen and oxygen atoms in total. The summed E-state index contributed by atoms with van der Waals surface area (Å²) in [5.41, 5.74) is -0.255. The Hall–Kier alpha value is -0.280. The number of amides is 1. The van der Waals surface area contributed by atoms with Gasteiger partial charge in [0.1, 0.15) is 0 Å². The summed E-state index contributed by atoms with van der Waals surface area (Å²) in [6.07, 6.45) is 0. The molecule has 0 N–H and O–H groups in total. The minimum absolute atomic E-state index is 0.255.